The van der Waals surface area contributed by atoms with E-state index < -0.39 is 0 Å². The van der Waals surface area contributed by atoms with E-state index in [-0.39, 0.29) is 6.10 Å². The largest absolute Gasteiger partial charge is 0.487 e. The van der Waals surface area contributed by atoms with Gasteiger partial charge in [0.1, 0.15) is 11.9 Å². The molecule has 0 aromatic heterocycles. The minimum atomic E-state index is 0.202. The van der Waals surface area contributed by atoms with Crippen LogP contribution in [0.4, 0.5) is 0 Å². The van der Waals surface area contributed by atoms with Crippen molar-refractivity contribution in [2.24, 2.45) is 0 Å². The molecule has 3 rings (SSSR count). The van der Waals surface area contributed by atoms with Crippen molar-refractivity contribution in [2.75, 3.05) is 13.2 Å². The van der Waals surface area contributed by atoms with E-state index in [0.717, 1.165) is 25.3 Å². The van der Waals surface area contributed by atoms with E-state index in [0.29, 0.717) is 12.1 Å². The van der Waals surface area contributed by atoms with Crippen LogP contribution >= 0.6 is 0 Å². The van der Waals surface area contributed by atoms with Crippen LogP contribution in [0.3, 0.4) is 0 Å². The van der Waals surface area contributed by atoms with Gasteiger partial charge >= 0.3 is 0 Å². The minimum absolute atomic E-state index is 0.202. The van der Waals surface area contributed by atoms with E-state index in [1.165, 1.54) is 36.8 Å². The molecule has 1 saturated carbocycles. The summed E-state index contributed by atoms with van der Waals surface area (Å²) in [5, 5.41) is 3.54. The van der Waals surface area contributed by atoms with Crippen molar-refractivity contribution in [3.8, 4) is 5.75 Å². The number of benzene rings is 1. The lowest BCUT2D eigenvalue weighted by Gasteiger charge is -2.29. The fourth-order valence-electron chi connectivity index (χ4n) is 3.51. The van der Waals surface area contributed by atoms with Gasteiger partial charge in [-0.1, -0.05) is 24.6 Å². The third kappa shape index (κ3) is 3.78. The van der Waals surface area contributed by atoms with Crippen molar-refractivity contribution < 1.29 is 9.47 Å². The summed E-state index contributed by atoms with van der Waals surface area (Å²) in [4.78, 5) is 0. The molecule has 1 aromatic carbocycles. The second-order valence-electron chi connectivity index (χ2n) is 6.42. The lowest BCUT2D eigenvalue weighted by Crippen LogP contribution is -2.36. The topological polar surface area (TPSA) is 30.5 Å². The second-order valence-corrected chi connectivity index (χ2v) is 6.42. The molecule has 0 bridgehead atoms. The molecule has 116 valence electrons. The molecule has 3 nitrogen and oxygen atoms in total. The summed E-state index contributed by atoms with van der Waals surface area (Å²) in [6.07, 6.45) is 6.45. The van der Waals surface area contributed by atoms with Crippen LogP contribution in [0, 0.1) is 6.92 Å². The van der Waals surface area contributed by atoms with Crippen LogP contribution < -0.4 is 10.1 Å². The zero-order chi connectivity index (χ0) is 14.7. The number of fused-ring (bicyclic) bond motifs is 1. The lowest BCUT2D eigenvalue weighted by atomic mass is 9.93. The Labute approximate surface area is 128 Å². The highest BCUT2D eigenvalue weighted by atomic mass is 16.5. The fraction of sp³-hybridized carbons (Fsp3) is 0.667. The Hall–Kier alpha value is -1.06. The molecule has 1 N–H and O–H groups in total. The first kappa shape index (κ1) is 14.9. The van der Waals surface area contributed by atoms with Crippen LogP contribution in [0.2, 0.25) is 0 Å². The van der Waals surface area contributed by atoms with Gasteiger partial charge in [0.05, 0.1) is 12.7 Å². The molecule has 1 aliphatic carbocycles. The Morgan fingerprint density at radius 1 is 1.24 bits per heavy atom. The Bertz CT molecular complexity index is 466. The highest BCUT2D eigenvalue weighted by molar-refractivity contribution is 5.40. The van der Waals surface area contributed by atoms with Crippen molar-refractivity contribution in [3.63, 3.8) is 0 Å². The number of rotatable bonds is 5. The number of hydrogen-bond acceptors (Lipinski definition) is 3. The van der Waals surface area contributed by atoms with Gasteiger partial charge in [0.25, 0.3) is 0 Å². The molecule has 1 unspecified atom stereocenters. The van der Waals surface area contributed by atoms with Gasteiger partial charge in [-0.05, 0) is 50.8 Å². The van der Waals surface area contributed by atoms with E-state index in [9.17, 15) is 0 Å². The zero-order valence-corrected chi connectivity index (χ0v) is 13.2. The Kier molecular flexibility index (Phi) is 4.81. The Morgan fingerprint density at radius 2 is 2.05 bits per heavy atom. The van der Waals surface area contributed by atoms with Crippen LogP contribution in [-0.4, -0.2) is 31.4 Å². The lowest BCUT2D eigenvalue weighted by molar-refractivity contribution is -0.0138. The molecule has 3 heteroatoms. The average molecular weight is 289 g/mol. The van der Waals surface area contributed by atoms with Crippen LogP contribution in [0.25, 0.3) is 0 Å². The maximum Gasteiger partial charge on any atom is 0.126 e. The summed E-state index contributed by atoms with van der Waals surface area (Å²) < 4.78 is 12.1. The summed E-state index contributed by atoms with van der Waals surface area (Å²) >= 11 is 0. The summed E-state index contributed by atoms with van der Waals surface area (Å²) in [7, 11) is 0. The van der Waals surface area contributed by atoms with Gasteiger partial charge in [-0.25, -0.2) is 0 Å². The third-order valence-electron chi connectivity index (χ3n) is 4.64. The average Bonchev–Trinajstić information content (AvgIpc) is 2.89. The predicted molar refractivity (Wildman–Crippen MR) is 85.0 cm³/mol. The van der Waals surface area contributed by atoms with Crippen molar-refractivity contribution >= 4 is 0 Å². The maximum absolute atomic E-state index is 6.10. The van der Waals surface area contributed by atoms with E-state index in [2.05, 4.69) is 37.4 Å². The molecule has 2 aliphatic rings. The maximum atomic E-state index is 6.10. The fourth-order valence-corrected chi connectivity index (χ4v) is 3.51. The van der Waals surface area contributed by atoms with Gasteiger partial charge in [-0.2, -0.15) is 0 Å². The molecular weight excluding hydrogens is 262 g/mol. The number of nitrogens with one attached hydrogen (secondary N) is 1. The summed E-state index contributed by atoms with van der Waals surface area (Å²) in [5.41, 5.74) is 2.64. The smallest absolute Gasteiger partial charge is 0.126 e. The highest BCUT2D eigenvalue weighted by Gasteiger charge is 2.26. The molecule has 1 heterocycles. The molecule has 1 fully saturated rings. The first-order valence-corrected chi connectivity index (χ1v) is 8.35. The molecule has 1 aliphatic heterocycles. The van der Waals surface area contributed by atoms with Crippen LogP contribution in [0.5, 0.6) is 5.75 Å². The standard InChI is InChI=1S/C18H27NO2/c1-3-19-15-5-7-16(8-6-15)20-12-17-11-14-10-13(2)4-9-18(14)21-17/h4,9-10,15-17,19H,3,5-8,11-12H2,1-2H3. The minimum Gasteiger partial charge on any atom is -0.487 e. The second kappa shape index (κ2) is 6.80. The monoisotopic (exact) mass is 289 g/mol. The normalized spacial score (nSPS) is 28.2. The van der Waals surface area contributed by atoms with E-state index in [1.54, 1.807) is 0 Å². The number of ether oxygens (including phenoxy) is 2. The van der Waals surface area contributed by atoms with Gasteiger partial charge < -0.3 is 14.8 Å². The molecule has 0 radical (unpaired) electrons. The molecule has 0 saturated heterocycles. The molecular formula is C18H27NO2. The van der Waals surface area contributed by atoms with Gasteiger partial charge in [0, 0.05) is 12.5 Å². The quantitative estimate of drug-likeness (QED) is 0.902. The first-order chi connectivity index (χ1) is 10.2. The van der Waals surface area contributed by atoms with E-state index in [4.69, 9.17) is 9.47 Å². The Balaban J connectivity index is 1.41. The number of aryl methyl sites for hydroxylation is 1. The van der Waals surface area contributed by atoms with Crippen molar-refractivity contribution in [2.45, 2.75) is 64.2 Å². The highest BCUT2D eigenvalue weighted by Crippen LogP contribution is 2.30. The van der Waals surface area contributed by atoms with Gasteiger partial charge in [-0.15, -0.1) is 0 Å². The molecule has 21 heavy (non-hydrogen) atoms. The predicted octanol–water partition coefficient (Wildman–Crippen LogP) is 3.24. The Morgan fingerprint density at radius 3 is 2.81 bits per heavy atom. The van der Waals surface area contributed by atoms with Crippen LogP contribution in [0.1, 0.15) is 43.7 Å². The van der Waals surface area contributed by atoms with Crippen molar-refractivity contribution in [1.82, 2.24) is 5.32 Å². The SMILES string of the molecule is CCNC1CCC(OCC2Cc3cc(C)ccc3O2)CC1. The van der Waals surface area contributed by atoms with E-state index >= 15 is 0 Å². The zero-order valence-electron chi connectivity index (χ0n) is 13.2. The molecule has 0 amide bonds. The summed E-state index contributed by atoms with van der Waals surface area (Å²) in [5.74, 6) is 1.05. The molecule has 1 atom stereocenters. The van der Waals surface area contributed by atoms with Crippen LogP contribution in [-0.2, 0) is 11.2 Å². The summed E-state index contributed by atoms with van der Waals surface area (Å²) in [6, 6.07) is 7.14. The number of hydrogen-bond donors (Lipinski definition) is 1. The van der Waals surface area contributed by atoms with Gasteiger partial charge in [-0.3, -0.25) is 0 Å². The van der Waals surface area contributed by atoms with Crippen LogP contribution in [0.15, 0.2) is 18.2 Å². The summed E-state index contributed by atoms with van der Waals surface area (Å²) in [6.45, 7) is 6.11. The molecule has 0 spiro atoms. The van der Waals surface area contributed by atoms with E-state index in [1.807, 2.05) is 0 Å². The van der Waals surface area contributed by atoms with Gasteiger partial charge in [0.15, 0.2) is 0 Å². The molecule has 1 aromatic rings. The van der Waals surface area contributed by atoms with Crippen molar-refractivity contribution in [3.05, 3.63) is 29.3 Å². The first-order valence-electron chi connectivity index (χ1n) is 8.35. The van der Waals surface area contributed by atoms with Gasteiger partial charge in [0.2, 0.25) is 0 Å². The van der Waals surface area contributed by atoms with Crippen molar-refractivity contribution in [1.29, 1.82) is 0 Å². The third-order valence-corrected chi connectivity index (χ3v) is 4.64.